The van der Waals surface area contributed by atoms with Crippen molar-refractivity contribution in [2.45, 2.75) is 32.6 Å². The number of hydrogen-bond donors (Lipinski definition) is 1. The van der Waals surface area contributed by atoms with Crippen molar-refractivity contribution in [1.82, 2.24) is 4.98 Å². The van der Waals surface area contributed by atoms with Crippen LogP contribution >= 0.6 is 0 Å². The van der Waals surface area contributed by atoms with E-state index in [0.29, 0.717) is 6.54 Å². The molecule has 0 aliphatic rings. The van der Waals surface area contributed by atoms with Crippen LogP contribution in [0.1, 0.15) is 32.0 Å². The number of pyridine rings is 1. The van der Waals surface area contributed by atoms with E-state index in [-0.39, 0.29) is 5.41 Å². The summed E-state index contributed by atoms with van der Waals surface area (Å²) in [5, 5.41) is 0. The highest BCUT2D eigenvalue weighted by Crippen LogP contribution is 2.19. The summed E-state index contributed by atoms with van der Waals surface area (Å²) in [5.41, 5.74) is 7.95. The summed E-state index contributed by atoms with van der Waals surface area (Å²) < 4.78 is 0. The Labute approximate surface area is 80.2 Å². The Morgan fingerprint density at radius 2 is 2.00 bits per heavy atom. The van der Waals surface area contributed by atoms with E-state index in [1.807, 2.05) is 6.20 Å². The Kier molecular flexibility index (Phi) is 3.04. The lowest BCUT2D eigenvalue weighted by Gasteiger charge is -2.17. The van der Waals surface area contributed by atoms with Crippen LogP contribution in [0, 0.1) is 0 Å². The minimum Gasteiger partial charge on any atom is -0.330 e. The van der Waals surface area contributed by atoms with Crippen LogP contribution in [0.4, 0.5) is 0 Å². The molecule has 2 nitrogen and oxygen atoms in total. The largest absolute Gasteiger partial charge is 0.330 e. The maximum absolute atomic E-state index is 5.46. The van der Waals surface area contributed by atoms with Gasteiger partial charge in [-0.1, -0.05) is 26.8 Å². The molecule has 0 saturated carbocycles. The fourth-order valence-corrected chi connectivity index (χ4v) is 1.18. The minimum atomic E-state index is 0.140. The fraction of sp³-hybridized carbons (Fsp3) is 0.545. The smallest absolute Gasteiger partial charge is 0.0457 e. The SMILES string of the molecule is CC(C)(C)c1ccc(CCN)cn1. The highest BCUT2D eigenvalue weighted by atomic mass is 14.7. The van der Waals surface area contributed by atoms with E-state index >= 15 is 0 Å². The van der Waals surface area contributed by atoms with Gasteiger partial charge in [-0.25, -0.2) is 0 Å². The lowest BCUT2D eigenvalue weighted by atomic mass is 9.91. The van der Waals surface area contributed by atoms with Crippen molar-refractivity contribution in [3.8, 4) is 0 Å². The molecular weight excluding hydrogens is 160 g/mol. The van der Waals surface area contributed by atoms with E-state index in [9.17, 15) is 0 Å². The molecule has 1 aromatic heterocycles. The summed E-state index contributed by atoms with van der Waals surface area (Å²) in [4.78, 5) is 4.41. The van der Waals surface area contributed by atoms with Gasteiger partial charge in [-0.05, 0) is 24.6 Å². The average Bonchev–Trinajstić information content (AvgIpc) is 2.04. The third kappa shape index (κ3) is 2.81. The predicted octanol–water partition coefficient (Wildman–Crippen LogP) is 1.88. The lowest BCUT2D eigenvalue weighted by Crippen LogP contribution is -2.13. The summed E-state index contributed by atoms with van der Waals surface area (Å²) >= 11 is 0. The summed E-state index contributed by atoms with van der Waals surface area (Å²) in [6.07, 6.45) is 2.84. The zero-order valence-electron chi connectivity index (χ0n) is 8.67. The van der Waals surface area contributed by atoms with Gasteiger partial charge in [-0.15, -0.1) is 0 Å². The van der Waals surface area contributed by atoms with Crippen molar-refractivity contribution >= 4 is 0 Å². The summed E-state index contributed by atoms with van der Waals surface area (Å²) in [7, 11) is 0. The van der Waals surface area contributed by atoms with Gasteiger partial charge in [0, 0.05) is 17.3 Å². The zero-order valence-corrected chi connectivity index (χ0v) is 8.67. The van der Waals surface area contributed by atoms with Crippen molar-refractivity contribution in [3.05, 3.63) is 29.6 Å². The summed E-state index contributed by atoms with van der Waals surface area (Å²) in [6, 6.07) is 4.20. The standard InChI is InChI=1S/C11H18N2/c1-11(2,3)10-5-4-9(6-7-12)8-13-10/h4-5,8H,6-7,12H2,1-3H3. The molecule has 0 amide bonds. The molecule has 0 atom stereocenters. The van der Waals surface area contributed by atoms with E-state index in [1.54, 1.807) is 0 Å². The van der Waals surface area contributed by atoms with Crippen molar-refractivity contribution in [3.63, 3.8) is 0 Å². The van der Waals surface area contributed by atoms with Gasteiger partial charge in [0.15, 0.2) is 0 Å². The Bertz CT molecular complexity index is 256. The first-order valence-corrected chi connectivity index (χ1v) is 4.69. The van der Waals surface area contributed by atoms with Crippen LogP contribution in [0.2, 0.25) is 0 Å². The van der Waals surface area contributed by atoms with Crippen molar-refractivity contribution < 1.29 is 0 Å². The minimum absolute atomic E-state index is 0.140. The third-order valence-electron chi connectivity index (χ3n) is 2.03. The van der Waals surface area contributed by atoms with E-state index in [2.05, 4.69) is 37.9 Å². The number of nitrogens with zero attached hydrogens (tertiary/aromatic N) is 1. The van der Waals surface area contributed by atoms with Crippen molar-refractivity contribution in [1.29, 1.82) is 0 Å². The number of aromatic nitrogens is 1. The van der Waals surface area contributed by atoms with Crippen molar-refractivity contribution in [2.24, 2.45) is 5.73 Å². The second kappa shape index (κ2) is 3.88. The molecule has 1 heterocycles. The molecule has 72 valence electrons. The molecule has 0 aliphatic carbocycles. The lowest BCUT2D eigenvalue weighted by molar-refractivity contribution is 0.568. The van der Waals surface area contributed by atoms with E-state index < -0.39 is 0 Å². The van der Waals surface area contributed by atoms with Gasteiger partial charge < -0.3 is 5.73 Å². The Morgan fingerprint density at radius 3 is 2.38 bits per heavy atom. The van der Waals surface area contributed by atoms with Gasteiger partial charge in [0.25, 0.3) is 0 Å². The van der Waals surface area contributed by atoms with Gasteiger partial charge >= 0.3 is 0 Å². The fourth-order valence-electron chi connectivity index (χ4n) is 1.18. The van der Waals surface area contributed by atoms with E-state index in [1.165, 1.54) is 5.56 Å². The summed E-state index contributed by atoms with van der Waals surface area (Å²) in [5.74, 6) is 0. The number of nitrogens with two attached hydrogens (primary N) is 1. The molecule has 1 rings (SSSR count). The predicted molar refractivity (Wildman–Crippen MR) is 55.7 cm³/mol. The molecule has 0 radical (unpaired) electrons. The van der Waals surface area contributed by atoms with Crippen LogP contribution in [0.3, 0.4) is 0 Å². The van der Waals surface area contributed by atoms with Crippen LogP contribution in [-0.2, 0) is 11.8 Å². The van der Waals surface area contributed by atoms with Crippen LogP contribution in [0.25, 0.3) is 0 Å². The second-order valence-corrected chi connectivity index (χ2v) is 4.34. The molecule has 0 fully saturated rings. The van der Waals surface area contributed by atoms with Gasteiger partial charge in [0.1, 0.15) is 0 Å². The maximum Gasteiger partial charge on any atom is 0.0457 e. The van der Waals surface area contributed by atoms with Gasteiger partial charge in [-0.3, -0.25) is 4.98 Å². The Hall–Kier alpha value is -0.890. The average molecular weight is 178 g/mol. The molecule has 0 unspecified atom stereocenters. The van der Waals surface area contributed by atoms with Crippen LogP contribution in [0.15, 0.2) is 18.3 Å². The highest BCUT2D eigenvalue weighted by molar-refractivity contribution is 5.19. The first-order chi connectivity index (χ1) is 6.04. The number of hydrogen-bond acceptors (Lipinski definition) is 2. The monoisotopic (exact) mass is 178 g/mol. The van der Waals surface area contributed by atoms with Crippen LogP contribution < -0.4 is 5.73 Å². The van der Waals surface area contributed by atoms with Crippen LogP contribution in [-0.4, -0.2) is 11.5 Å². The molecule has 0 spiro atoms. The summed E-state index contributed by atoms with van der Waals surface area (Å²) in [6.45, 7) is 7.18. The molecular formula is C11H18N2. The third-order valence-corrected chi connectivity index (χ3v) is 2.03. The molecule has 2 N–H and O–H groups in total. The van der Waals surface area contributed by atoms with Gasteiger partial charge in [0.2, 0.25) is 0 Å². The van der Waals surface area contributed by atoms with Gasteiger partial charge in [-0.2, -0.15) is 0 Å². The van der Waals surface area contributed by atoms with E-state index in [0.717, 1.165) is 12.1 Å². The van der Waals surface area contributed by atoms with Gasteiger partial charge in [0.05, 0.1) is 0 Å². The Morgan fingerprint density at radius 1 is 1.31 bits per heavy atom. The molecule has 0 aliphatic heterocycles. The molecule has 0 saturated heterocycles. The first-order valence-electron chi connectivity index (χ1n) is 4.69. The zero-order chi connectivity index (χ0) is 9.90. The number of rotatable bonds is 2. The molecule has 0 aromatic carbocycles. The van der Waals surface area contributed by atoms with Crippen molar-refractivity contribution in [2.75, 3.05) is 6.54 Å². The quantitative estimate of drug-likeness (QED) is 0.751. The normalized spacial score (nSPS) is 11.7. The molecule has 2 heteroatoms. The van der Waals surface area contributed by atoms with E-state index in [4.69, 9.17) is 5.73 Å². The first kappa shape index (κ1) is 10.2. The topological polar surface area (TPSA) is 38.9 Å². The Balaban J connectivity index is 2.81. The maximum atomic E-state index is 5.46. The molecule has 0 bridgehead atoms. The second-order valence-electron chi connectivity index (χ2n) is 4.34. The molecule has 13 heavy (non-hydrogen) atoms. The highest BCUT2D eigenvalue weighted by Gasteiger charge is 2.14. The molecule has 1 aromatic rings. The van der Waals surface area contributed by atoms with Crippen LogP contribution in [0.5, 0.6) is 0 Å².